The molecule has 4 rings (SSSR count). The summed E-state index contributed by atoms with van der Waals surface area (Å²) in [4.78, 5) is 0. The standard InChI is InChI=1S/2C9H7.C3H6Si.2CH3.Zr/c2*1-2-5-9-7-3-6-8(9)4-1;1-3-4-2;;;/h2*1-7H;3H,1H2,2H3;2*1H3;/q2*-1;;2*-1;+4. The maximum atomic E-state index is 3.49. The van der Waals surface area contributed by atoms with Crippen molar-refractivity contribution in [2.45, 2.75) is 6.55 Å². The van der Waals surface area contributed by atoms with Gasteiger partial charge in [0.05, 0.1) is 9.52 Å². The van der Waals surface area contributed by atoms with E-state index in [9.17, 15) is 0 Å². The largest absolute Gasteiger partial charge is 4.00 e. The molecule has 126 valence electrons. The average Bonchev–Trinajstić information content (AvgIpc) is 3.24. The van der Waals surface area contributed by atoms with Crippen molar-refractivity contribution >= 4 is 31.1 Å². The quantitative estimate of drug-likeness (QED) is 0.232. The van der Waals surface area contributed by atoms with E-state index in [4.69, 9.17) is 0 Å². The number of benzene rings is 2. The third-order valence-corrected chi connectivity index (χ3v) is 3.71. The maximum Gasteiger partial charge on any atom is 4.00 e. The van der Waals surface area contributed by atoms with Crippen molar-refractivity contribution in [3.8, 4) is 0 Å². The monoisotopic (exact) mass is 420 g/mol. The molecule has 25 heavy (non-hydrogen) atoms. The summed E-state index contributed by atoms with van der Waals surface area (Å²) in [5.41, 5.74) is 1.90. The van der Waals surface area contributed by atoms with Crippen LogP contribution in [0.15, 0.2) is 97.2 Å². The Balaban J connectivity index is 0. The third kappa shape index (κ3) is 8.43. The summed E-state index contributed by atoms with van der Waals surface area (Å²) in [6.45, 7) is 5.58. The van der Waals surface area contributed by atoms with Crippen molar-refractivity contribution < 1.29 is 26.2 Å². The van der Waals surface area contributed by atoms with E-state index < -0.39 is 0 Å². The van der Waals surface area contributed by atoms with Gasteiger partial charge in [0.25, 0.3) is 0 Å². The van der Waals surface area contributed by atoms with Crippen LogP contribution in [0, 0.1) is 14.9 Å². The van der Waals surface area contributed by atoms with Gasteiger partial charge < -0.3 is 14.9 Å². The van der Waals surface area contributed by atoms with Gasteiger partial charge in [-0.05, 0) is 0 Å². The van der Waals surface area contributed by atoms with E-state index in [1.807, 2.05) is 5.70 Å². The molecule has 0 atom stereocenters. The molecule has 0 amide bonds. The van der Waals surface area contributed by atoms with Gasteiger partial charge in [-0.1, -0.05) is 18.7 Å². The van der Waals surface area contributed by atoms with E-state index in [1.54, 1.807) is 0 Å². The van der Waals surface area contributed by atoms with Crippen LogP contribution in [-0.2, 0) is 26.2 Å². The van der Waals surface area contributed by atoms with E-state index in [0.717, 1.165) is 9.52 Å². The molecule has 2 radical (unpaired) electrons. The number of hydrogen-bond donors (Lipinski definition) is 0. The van der Waals surface area contributed by atoms with Crippen molar-refractivity contribution in [2.75, 3.05) is 0 Å². The van der Waals surface area contributed by atoms with Gasteiger partial charge in [-0.15, -0.1) is 71.6 Å². The Morgan fingerprint density at radius 2 is 1.12 bits per heavy atom. The first-order valence-electron chi connectivity index (χ1n) is 7.34. The zero-order valence-corrected chi connectivity index (χ0v) is 18.8. The minimum atomic E-state index is 0. The average molecular weight is 422 g/mol. The first kappa shape index (κ1) is 25.7. The molecule has 0 saturated heterocycles. The van der Waals surface area contributed by atoms with Crippen LogP contribution in [0.4, 0.5) is 0 Å². The molecule has 0 heterocycles. The van der Waals surface area contributed by atoms with Gasteiger partial charge in [-0.3, -0.25) is 0 Å². The molecule has 2 heteroatoms. The van der Waals surface area contributed by atoms with Crippen molar-refractivity contribution in [1.82, 2.24) is 0 Å². The molecule has 0 aromatic heterocycles. The Kier molecular flexibility index (Phi) is 15.2. The predicted molar refractivity (Wildman–Crippen MR) is 114 cm³/mol. The molecule has 0 bridgehead atoms. The van der Waals surface area contributed by atoms with Crippen LogP contribution in [-0.4, -0.2) is 9.52 Å². The Morgan fingerprint density at radius 1 is 0.760 bits per heavy atom. The normalized spacial score (nSPS) is 8.36. The Bertz CT molecular complexity index is 684. The van der Waals surface area contributed by atoms with Crippen LogP contribution < -0.4 is 0 Å². The van der Waals surface area contributed by atoms with Crippen molar-refractivity contribution in [3.05, 3.63) is 112 Å². The van der Waals surface area contributed by atoms with Gasteiger partial charge in [0.2, 0.25) is 0 Å². The van der Waals surface area contributed by atoms with Crippen molar-refractivity contribution in [2.24, 2.45) is 0 Å². The van der Waals surface area contributed by atoms with Crippen LogP contribution in [0.1, 0.15) is 0 Å². The van der Waals surface area contributed by atoms with E-state index in [-0.39, 0.29) is 41.1 Å². The Morgan fingerprint density at radius 3 is 1.44 bits per heavy atom. The first-order chi connectivity index (χ1) is 10.8. The predicted octanol–water partition coefficient (Wildman–Crippen LogP) is 6.90. The Hall–Kier alpha value is -1.50. The molecule has 4 aromatic carbocycles. The molecule has 4 aromatic rings. The van der Waals surface area contributed by atoms with E-state index in [2.05, 4.69) is 98.1 Å². The number of hydrogen-bond acceptors (Lipinski definition) is 0. The second-order valence-electron chi connectivity index (χ2n) is 4.80. The molecule has 0 fully saturated rings. The van der Waals surface area contributed by atoms with Crippen LogP contribution in [0.5, 0.6) is 0 Å². The summed E-state index contributed by atoms with van der Waals surface area (Å²) in [7, 11) is 0.904. The summed E-state index contributed by atoms with van der Waals surface area (Å²) in [6.07, 6.45) is 0. The molecule has 0 spiro atoms. The van der Waals surface area contributed by atoms with Gasteiger partial charge in [-0.2, -0.15) is 35.0 Å². The second-order valence-corrected chi connectivity index (χ2v) is 5.79. The third-order valence-electron chi connectivity index (χ3n) is 3.30. The fourth-order valence-corrected chi connectivity index (χ4v) is 2.14. The molecular formula is C23H26SiZr. The van der Waals surface area contributed by atoms with Crippen LogP contribution in [0.25, 0.3) is 21.5 Å². The summed E-state index contributed by atoms with van der Waals surface area (Å²) in [5.74, 6) is 0. The van der Waals surface area contributed by atoms with E-state index in [1.165, 1.54) is 21.5 Å². The molecular weight excluding hydrogens is 396 g/mol. The Labute approximate surface area is 175 Å². The SMILES string of the molecule is C=C[Si]C.[CH3-].[CH3-].[Zr+4].c1ccc2[cH-]ccc2c1.c1ccc2[cH-]ccc2c1. The van der Waals surface area contributed by atoms with Crippen LogP contribution in [0.3, 0.4) is 0 Å². The van der Waals surface area contributed by atoms with Crippen molar-refractivity contribution in [3.63, 3.8) is 0 Å². The van der Waals surface area contributed by atoms with Gasteiger partial charge in [0, 0.05) is 0 Å². The van der Waals surface area contributed by atoms with Crippen molar-refractivity contribution in [1.29, 1.82) is 0 Å². The fourth-order valence-electron chi connectivity index (χ4n) is 2.14. The summed E-state index contributed by atoms with van der Waals surface area (Å²) in [6, 6.07) is 29.3. The molecule has 0 N–H and O–H groups in total. The van der Waals surface area contributed by atoms with Crippen LogP contribution in [0.2, 0.25) is 6.55 Å². The molecule has 0 aliphatic heterocycles. The number of fused-ring (bicyclic) bond motifs is 2. The molecule has 0 nitrogen and oxygen atoms in total. The van der Waals surface area contributed by atoms with Gasteiger partial charge in [-0.25, -0.2) is 0 Å². The second kappa shape index (κ2) is 14.8. The zero-order chi connectivity index (χ0) is 15.6. The minimum Gasteiger partial charge on any atom is -0.358 e. The molecule has 0 aliphatic rings. The summed E-state index contributed by atoms with van der Waals surface area (Å²) >= 11 is 0. The number of rotatable bonds is 1. The van der Waals surface area contributed by atoms with Crippen LogP contribution >= 0.6 is 0 Å². The van der Waals surface area contributed by atoms with Gasteiger partial charge in [0.1, 0.15) is 0 Å². The van der Waals surface area contributed by atoms with Gasteiger partial charge >= 0.3 is 26.2 Å². The van der Waals surface area contributed by atoms with Gasteiger partial charge in [0.15, 0.2) is 0 Å². The molecule has 0 aliphatic carbocycles. The molecule has 0 unspecified atom stereocenters. The first-order valence-corrected chi connectivity index (χ1v) is 8.92. The fraction of sp³-hybridized carbons (Fsp3) is 0.0435. The smallest absolute Gasteiger partial charge is 0.358 e. The maximum absolute atomic E-state index is 3.49. The minimum absolute atomic E-state index is 0. The summed E-state index contributed by atoms with van der Waals surface area (Å²) in [5, 5.41) is 5.32. The van der Waals surface area contributed by atoms with E-state index in [0.29, 0.717) is 0 Å². The van der Waals surface area contributed by atoms with E-state index >= 15 is 0 Å². The summed E-state index contributed by atoms with van der Waals surface area (Å²) < 4.78 is 0. The molecule has 0 saturated carbocycles. The topological polar surface area (TPSA) is 0 Å². The zero-order valence-electron chi connectivity index (χ0n) is 15.4.